The molecule has 1 N–H and O–H groups in total. The molecule has 178 valence electrons. The Balaban J connectivity index is 1.84. The number of esters is 1. The van der Waals surface area contributed by atoms with Crippen molar-refractivity contribution in [3.8, 4) is 11.5 Å². The van der Waals surface area contributed by atoms with Crippen LogP contribution >= 0.6 is 27.7 Å². The normalized spacial score (nSPS) is 15.6. The summed E-state index contributed by atoms with van der Waals surface area (Å²) in [5.41, 5.74) is 1.65. The number of ether oxygens (including phenoxy) is 3. The van der Waals surface area contributed by atoms with Crippen LogP contribution in [0.2, 0.25) is 0 Å². The number of methoxy groups -OCH3 is 1. The molecule has 0 spiro atoms. The average molecular weight is 549 g/mol. The molecule has 0 bridgehead atoms. The number of amides is 1. The molecular formula is C23H21BrN2O7S. The highest BCUT2D eigenvalue weighted by Gasteiger charge is 2.30. The maximum Gasteiger partial charge on any atom is 0.341 e. The number of rotatable bonds is 8. The fourth-order valence-corrected chi connectivity index (χ4v) is 4.28. The molecule has 1 aliphatic rings. The average Bonchev–Trinajstić information content (AvgIpc) is 3.07. The number of carbonyl (C=O) groups excluding carboxylic acids is 2. The number of benzene rings is 2. The number of hydrogen-bond acceptors (Lipinski definition) is 8. The van der Waals surface area contributed by atoms with Gasteiger partial charge in [0.05, 0.1) is 29.9 Å². The van der Waals surface area contributed by atoms with Gasteiger partial charge in [-0.2, -0.15) is 0 Å². The van der Waals surface area contributed by atoms with E-state index in [2.05, 4.69) is 20.9 Å². The zero-order valence-electron chi connectivity index (χ0n) is 18.5. The van der Waals surface area contributed by atoms with Gasteiger partial charge in [-0.1, -0.05) is 15.9 Å². The lowest BCUT2D eigenvalue weighted by atomic mass is 10.2. The Morgan fingerprint density at radius 3 is 2.53 bits per heavy atom. The summed E-state index contributed by atoms with van der Waals surface area (Å²) < 4.78 is 16.1. The summed E-state index contributed by atoms with van der Waals surface area (Å²) in [5.74, 6) is -1.16. The van der Waals surface area contributed by atoms with E-state index in [1.54, 1.807) is 56.4 Å². The van der Waals surface area contributed by atoms with E-state index in [0.29, 0.717) is 43.7 Å². The van der Waals surface area contributed by atoms with E-state index in [0.717, 1.165) is 0 Å². The van der Waals surface area contributed by atoms with Crippen LogP contribution < -0.4 is 9.47 Å². The van der Waals surface area contributed by atoms with E-state index in [1.165, 1.54) is 23.8 Å². The zero-order chi connectivity index (χ0) is 24.8. The summed E-state index contributed by atoms with van der Waals surface area (Å²) >= 11 is 4.63. The summed E-state index contributed by atoms with van der Waals surface area (Å²) in [6.07, 6.45) is 1.68. The van der Waals surface area contributed by atoms with Crippen molar-refractivity contribution >= 4 is 62.5 Å². The Kier molecular flexibility index (Phi) is 8.35. The summed E-state index contributed by atoms with van der Waals surface area (Å²) in [6, 6.07) is 9.82. The van der Waals surface area contributed by atoms with E-state index in [9.17, 15) is 14.4 Å². The third kappa shape index (κ3) is 5.97. The van der Waals surface area contributed by atoms with Gasteiger partial charge >= 0.3 is 11.9 Å². The maximum atomic E-state index is 12.8. The molecule has 0 atom stereocenters. The van der Waals surface area contributed by atoms with E-state index < -0.39 is 18.5 Å². The number of aliphatic carboxylic acids is 1. The number of halogens is 1. The standard InChI is InChI=1S/C23H21BrN2O7S/c1-4-32-22(30)13-5-7-15(8-6-13)25-23-26(2)21(29)19(34-23)10-14-9-17(31-3)18(11-16(14)24)33-12-20(27)28/h5-11H,4,12H2,1-3H3,(H,27,28). The smallest absolute Gasteiger partial charge is 0.341 e. The van der Waals surface area contributed by atoms with Crippen LogP contribution in [0.15, 0.2) is 50.8 Å². The van der Waals surface area contributed by atoms with Gasteiger partial charge in [-0.3, -0.25) is 9.69 Å². The van der Waals surface area contributed by atoms with Crippen LogP contribution in [0.3, 0.4) is 0 Å². The molecule has 1 heterocycles. The summed E-state index contributed by atoms with van der Waals surface area (Å²) in [7, 11) is 3.06. The maximum absolute atomic E-state index is 12.8. The first kappa shape index (κ1) is 25.3. The van der Waals surface area contributed by atoms with Crippen LogP contribution in [0.4, 0.5) is 5.69 Å². The van der Waals surface area contributed by atoms with Gasteiger partial charge in [0, 0.05) is 11.5 Å². The predicted octanol–water partition coefficient (Wildman–Crippen LogP) is 4.33. The second-order valence-electron chi connectivity index (χ2n) is 6.84. The van der Waals surface area contributed by atoms with Crippen LogP contribution in [0.25, 0.3) is 6.08 Å². The second kappa shape index (κ2) is 11.2. The van der Waals surface area contributed by atoms with Gasteiger partial charge in [0.25, 0.3) is 5.91 Å². The highest BCUT2D eigenvalue weighted by atomic mass is 79.9. The first-order chi connectivity index (χ1) is 16.2. The molecule has 11 heteroatoms. The van der Waals surface area contributed by atoms with Crippen LogP contribution in [0, 0.1) is 0 Å². The number of carbonyl (C=O) groups is 3. The largest absolute Gasteiger partial charge is 0.493 e. The van der Waals surface area contributed by atoms with E-state index >= 15 is 0 Å². The number of carboxylic acids is 1. The molecule has 0 radical (unpaired) electrons. The van der Waals surface area contributed by atoms with Crippen molar-refractivity contribution in [3.05, 3.63) is 56.9 Å². The molecule has 1 saturated heterocycles. The highest BCUT2D eigenvalue weighted by Crippen LogP contribution is 2.38. The highest BCUT2D eigenvalue weighted by molar-refractivity contribution is 9.10. The Hall–Kier alpha value is -3.31. The Bertz CT molecular complexity index is 1180. The second-order valence-corrected chi connectivity index (χ2v) is 8.71. The van der Waals surface area contributed by atoms with Gasteiger partial charge in [-0.15, -0.1) is 0 Å². The molecule has 1 amide bonds. The minimum Gasteiger partial charge on any atom is -0.493 e. The lowest BCUT2D eigenvalue weighted by Gasteiger charge is -2.11. The molecule has 2 aromatic carbocycles. The molecule has 0 saturated carbocycles. The van der Waals surface area contributed by atoms with Crippen molar-refractivity contribution < 1.29 is 33.7 Å². The first-order valence-electron chi connectivity index (χ1n) is 9.99. The molecule has 9 nitrogen and oxygen atoms in total. The summed E-state index contributed by atoms with van der Waals surface area (Å²) in [6.45, 7) is 1.52. The van der Waals surface area contributed by atoms with E-state index in [-0.39, 0.29) is 11.7 Å². The van der Waals surface area contributed by atoms with Gasteiger partial charge < -0.3 is 19.3 Å². The van der Waals surface area contributed by atoms with Crippen molar-refractivity contribution in [1.29, 1.82) is 0 Å². The Morgan fingerprint density at radius 1 is 1.21 bits per heavy atom. The monoisotopic (exact) mass is 548 g/mol. The van der Waals surface area contributed by atoms with Crippen molar-refractivity contribution in [2.24, 2.45) is 4.99 Å². The number of hydrogen-bond donors (Lipinski definition) is 1. The van der Waals surface area contributed by atoms with E-state index in [1.807, 2.05) is 0 Å². The Morgan fingerprint density at radius 2 is 1.91 bits per heavy atom. The number of likely N-dealkylation sites (N-methyl/N-ethyl adjacent to an activating group) is 1. The van der Waals surface area contributed by atoms with Gasteiger partial charge in [0.15, 0.2) is 23.3 Å². The van der Waals surface area contributed by atoms with Crippen LogP contribution in [0.1, 0.15) is 22.8 Å². The molecular weight excluding hydrogens is 528 g/mol. The lowest BCUT2D eigenvalue weighted by molar-refractivity contribution is -0.139. The first-order valence-corrected chi connectivity index (χ1v) is 11.6. The molecule has 34 heavy (non-hydrogen) atoms. The fraction of sp³-hybridized carbons (Fsp3) is 0.217. The minimum absolute atomic E-state index is 0.232. The number of carboxylic acid groups (broad SMARTS) is 1. The summed E-state index contributed by atoms with van der Waals surface area (Å²) in [4.78, 5) is 41.8. The van der Waals surface area contributed by atoms with Gasteiger partial charge in [-0.25, -0.2) is 14.6 Å². The summed E-state index contributed by atoms with van der Waals surface area (Å²) in [5, 5.41) is 9.31. The number of nitrogens with zero attached hydrogens (tertiary/aromatic N) is 2. The van der Waals surface area contributed by atoms with Crippen LogP contribution in [-0.4, -0.2) is 60.4 Å². The number of amidine groups is 1. The van der Waals surface area contributed by atoms with Crippen LogP contribution in [-0.2, 0) is 14.3 Å². The third-order valence-corrected chi connectivity index (χ3v) is 6.27. The molecule has 1 fully saturated rings. The molecule has 1 aliphatic heterocycles. The fourth-order valence-electron chi connectivity index (χ4n) is 2.86. The molecule has 2 aromatic rings. The van der Waals surface area contributed by atoms with Crippen LogP contribution in [0.5, 0.6) is 11.5 Å². The van der Waals surface area contributed by atoms with E-state index in [4.69, 9.17) is 19.3 Å². The van der Waals surface area contributed by atoms with Crippen molar-refractivity contribution in [1.82, 2.24) is 4.90 Å². The lowest BCUT2D eigenvalue weighted by Crippen LogP contribution is -2.23. The quantitative estimate of drug-likeness (QED) is 0.382. The third-order valence-electron chi connectivity index (χ3n) is 4.53. The molecule has 0 aliphatic carbocycles. The van der Waals surface area contributed by atoms with Crippen molar-refractivity contribution in [2.45, 2.75) is 6.92 Å². The minimum atomic E-state index is -1.11. The number of thioether (sulfide) groups is 1. The SMILES string of the molecule is CCOC(=O)c1ccc(N=C2SC(=Cc3cc(OC)c(OCC(=O)O)cc3Br)C(=O)N2C)cc1. The van der Waals surface area contributed by atoms with Gasteiger partial charge in [0.1, 0.15) is 0 Å². The molecule has 0 aromatic heterocycles. The Labute approximate surface area is 208 Å². The van der Waals surface area contributed by atoms with Crippen molar-refractivity contribution in [3.63, 3.8) is 0 Å². The molecule has 3 rings (SSSR count). The zero-order valence-corrected chi connectivity index (χ0v) is 20.9. The molecule has 0 unspecified atom stereocenters. The number of aliphatic imine (C=N–C) groups is 1. The van der Waals surface area contributed by atoms with Gasteiger partial charge in [0.2, 0.25) is 0 Å². The predicted molar refractivity (Wildman–Crippen MR) is 132 cm³/mol. The van der Waals surface area contributed by atoms with Crippen molar-refractivity contribution in [2.75, 3.05) is 27.4 Å². The van der Waals surface area contributed by atoms with Gasteiger partial charge in [-0.05, 0) is 66.7 Å². The topological polar surface area (TPSA) is 115 Å².